The van der Waals surface area contributed by atoms with Crippen molar-refractivity contribution in [3.8, 4) is 11.1 Å². The van der Waals surface area contributed by atoms with Crippen molar-refractivity contribution in [2.75, 3.05) is 0 Å². The molecule has 0 saturated carbocycles. The van der Waals surface area contributed by atoms with E-state index in [0.29, 0.717) is 29.2 Å². The highest BCUT2D eigenvalue weighted by molar-refractivity contribution is 5.96. The van der Waals surface area contributed by atoms with Crippen LogP contribution in [0.3, 0.4) is 0 Å². The second-order valence-corrected chi connectivity index (χ2v) is 9.38. The Morgan fingerprint density at radius 1 is 0.892 bits per heavy atom. The maximum Gasteiger partial charge on any atom is 0.336 e. The van der Waals surface area contributed by atoms with Crippen LogP contribution in [0, 0.1) is 5.92 Å². The summed E-state index contributed by atoms with van der Waals surface area (Å²) in [6.07, 6.45) is 1.20. The first-order valence-corrected chi connectivity index (χ1v) is 12.2. The molecule has 0 radical (unpaired) electrons. The maximum atomic E-state index is 14.3. The van der Waals surface area contributed by atoms with Crippen LogP contribution in [0.15, 0.2) is 83.7 Å². The van der Waals surface area contributed by atoms with E-state index in [1.54, 1.807) is 66.7 Å². The third-order valence-electron chi connectivity index (χ3n) is 6.42. The molecule has 0 bridgehead atoms. The predicted octanol–water partition coefficient (Wildman–Crippen LogP) is 5.81. The Labute approximate surface area is 214 Å². The highest BCUT2D eigenvalue weighted by atomic mass is 19.1. The number of carboxylic acids is 1. The second-order valence-electron chi connectivity index (χ2n) is 9.38. The van der Waals surface area contributed by atoms with E-state index in [2.05, 4.69) is 13.8 Å². The summed E-state index contributed by atoms with van der Waals surface area (Å²) in [5.41, 5.74) is 2.66. The number of hydrogen-bond acceptors (Lipinski definition) is 3. The minimum absolute atomic E-state index is 0.0894. The van der Waals surface area contributed by atoms with Crippen molar-refractivity contribution >= 4 is 11.9 Å². The van der Waals surface area contributed by atoms with Crippen molar-refractivity contribution in [3.63, 3.8) is 0 Å². The number of hydrogen-bond donors (Lipinski definition) is 1. The Morgan fingerprint density at radius 3 is 2.16 bits per heavy atom. The Hall–Kier alpha value is -4.26. The summed E-state index contributed by atoms with van der Waals surface area (Å²) in [7, 11) is 0. The highest BCUT2D eigenvalue weighted by Crippen LogP contribution is 2.25. The number of alkyl halides is 1. The van der Waals surface area contributed by atoms with Gasteiger partial charge in [-0.05, 0) is 53.6 Å². The summed E-state index contributed by atoms with van der Waals surface area (Å²) >= 11 is 0. The standard InChI is InChI=1S/C30H29FN2O4/c1-20(2)12-17-26-27(18-31)33(28(34)23-8-4-3-5-9-23)30(37)32(26)19-21-13-15-22(16-14-21)24-10-6-7-11-25(24)29(35)36/h3-11,13-16,20H,12,17-19H2,1-2H3,(H,35,36). The smallest absolute Gasteiger partial charge is 0.336 e. The lowest BCUT2D eigenvalue weighted by Gasteiger charge is -2.11. The van der Waals surface area contributed by atoms with E-state index in [4.69, 9.17) is 0 Å². The van der Waals surface area contributed by atoms with Crippen molar-refractivity contribution in [1.82, 2.24) is 9.13 Å². The van der Waals surface area contributed by atoms with Gasteiger partial charge in [-0.15, -0.1) is 0 Å². The molecule has 37 heavy (non-hydrogen) atoms. The molecule has 0 aliphatic heterocycles. The topological polar surface area (TPSA) is 81.3 Å². The van der Waals surface area contributed by atoms with Crippen molar-refractivity contribution in [2.24, 2.45) is 5.92 Å². The van der Waals surface area contributed by atoms with Gasteiger partial charge in [-0.1, -0.05) is 74.5 Å². The Morgan fingerprint density at radius 2 is 1.54 bits per heavy atom. The fourth-order valence-corrected chi connectivity index (χ4v) is 4.45. The van der Waals surface area contributed by atoms with Crippen LogP contribution in [0.1, 0.15) is 57.9 Å². The fourth-order valence-electron chi connectivity index (χ4n) is 4.45. The minimum Gasteiger partial charge on any atom is -0.478 e. The lowest BCUT2D eigenvalue weighted by atomic mass is 9.98. The summed E-state index contributed by atoms with van der Waals surface area (Å²) in [5.74, 6) is -1.23. The molecule has 1 N–H and O–H groups in total. The first-order valence-electron chi connectivity index (χ1n) is 12.2. The molecule has 3 aromatic carbocycles. The van der Waals surface area contributed by atoms with Gasteiger partial charge in [0.2, 0.25) is 0 Å². The molecule has 0 saturated heterocycles. The fraction of sp³-hybridized carbons (Fsp3) is 0.233. The van der Waals surface area contributed by atoms with E-state index in [1.165, 1.54) is 4.57 Å². The Bertz CT molecular complexity index is 1470. The summed E-state index contributed by atoms with van der Waals surface area (Å²) in [6.45, 7) is 3.34. The number of nitrogens with zero attached hydrogens (tertiary/aromatic N) is 2. The summed E-state index contributed by atoms with van der Waals surface area (Å²) < 4.78 is 16.8. The van der Waals surface area contributed by atoms with Gasteiger partial charge in [0.15, 0.2) is 0 Å². The van der Waals surface area contributed by atoms with Gasteiger partial charge >= 0.3 is 11.7 Å². The van der Waals surface area contributed by atoms with Gasteiger partial charge in [-0.3, -0.25) is 9.36 Å². The molecule has 0 amide bonds. The van der Waals surface area contributed by atoms with Gasteiger partial charge in [0.1, 0.15) is 6.67 Å². The monoisotopic (exact) mass is 500 g/mol. The lowest BCUT2D eigenvalue weighted by molar-refractivity contribution is 0.0697. The molecule has 0 aliphatic rings. The average Bonchev–Trinajstić information content (AvgIpc) is 3.18. The number of carboxylic acid groups (broad SMARTS) is 1. The number of carbonyl (C=O) groups is 2. The van der Waals surface area contributed by atoms with E-state index in [0.717, 1.165) is 22.1 Å². The molecule has 6 nitrogen and oxygen atoms in total. The summed E-state index contributed by atoms with van der Waals surface area (Å²) in [4.78, 5) is 38.4. The Kier molecular flexibility index (Phi) is 7.82. The van der Waals surface area contributed by atoms with Crippen LogP contribution in [0.2, 0.25) is 0 Å². The number of aromatic nitrogens is 2. The van der Waals surface area contributed by atoms with Crippen LogP contribution >= 0.6 is 0 Å². The number of carbonyl (C=O) groups excluding carboxylic acids is 1. The van der Waals surface area contributed by atoms with E-state index in [9.17, 15) is 23.9 Å². The molecular weight excluding hydrogens is 471 g/mol. The minimum atomic E-state index is -1.01. The average molecular weight is 501 g/mol. The molecule has 0 fully saturated rings. The van der Waals surface area contributed by atoms with Crippen molar-refractivity contribution < 1.29 is 19.1 Å². The zero-order valence-electron chi connectivity index (χ0n) is 20.9. The van der Waals surface area contributed by atoms with E-state index in [-0.39, 0.29) is 17.8 Å². The number of rotatable bonds is 9. The van der Waals surface area contributed by atoms with Gasteiger partial charge < -0.3 is 5.11 Å². The largest absolute Gasteiger partial charge is 0.478 e. The second kappa shape index (κ2) is 11.2. The molecule has 1 aromatic heterocycles. The SMILES string of the molecule is CC(C)CCc1c(CF)n(C(=O)c2ccccc2)c(=O)n1Cc1ccc(-c2ccccc2C(=O)O)cc1. The molecule has 7 heteroatoms. The van der Waals surface area contributed by atoms with Crippen molar-refractivity contribution in [3.05, 3.63) is 117 Å². The molecule has 0 atom stereocenters. The van der Waals surface area contributed by atoms with E-state index in [1.807, 2.05) is 12.1 Å². The zero-order valence-corrected chi connectivity index (χ0v) is 20.9. The summed E-state index contributed by atoms with van der Waals surface area (Å²) in [5, 5.41) is 9.51. The van der Waals surface area contributed by atoms with Gasteiger partial charge in [-0.2, -0.15) is 0 Å². The third kappa shape index (κ3) is 5.45. The van der Waals surface area contributed by atoms with E-state index < -0.39 is 24.2 Å². The molecule has 190 valence electrons. The van der Waals surface area contributed by atoms with Gasteiger partial charge in [0.25, 0.3) is 5.91 Å². The first kappa shape index (κ1) is 25.8. The van der Waals surface area contributed by atoms with Crippen LogP contribution < -0.4 is 5.69 Å². The van der Waals surface area contributed by atoms with Gasteiger partial charge in [-0.25, -0.2) is 18.5 Å². The number of imidazole rings is 1. The number of benzene rings is 3. The maximum absolute atomic E-state index is 14.3. The van der Waals surface area contributed by atoms with E-state index >= 15 is 0 Å². The number of aromatic carboxylic acids is 1. The van der Waals surface area contributed by atoms with Crippen molar-refractivity contribution in [2.45, 2.75) is 39.9 Å². The molecule has 0 aliphatic carbocycles. The molecular formula is C30H29FN2O4. The quantitative estimate of drug-likeness (QED) is 0.314. The first-order chi connectivity index (χ1) is 17.8. The normalized spacial score (nSPS) is 11.1. The molecule has 4 rings (SSSR count). The number of halogens is 1. The van der Waals surface area contributed by atoms with Crippen LogP contribution in [0.25, 0.3) is 11.1 Å². The molecule has 0 unspecified atom stereocenters. The predicted molar refractivity (Wildman–Crippen MR) is 141 cm³/mol. The van der Waals surface area contributed by atoms with Crippen LogP contribution in [0.5, 0.6) is 0 Å². The Balaban J connectivity index is 1.74. The van der Waals surface area contributed by atoms with Gasteiger partial charge in [0.05, 0.1) is 17.8 Å². The van der Waals surface area contributed by atoms with Crippen LogP contribution in [0.4, 0.5) is 4.39 Å². The van der Waals surface area contributed by atoms with Crippen molar-refractivity contribution in [1.29, 1.82) is 0 Å². The molecule has 4 aromatic rings. The third-order valence-corrected chi connectivity index (χ3v) is 6.42. The molecule has 1 heterocycles. The lowest BCUT2D eigenvalue weighted by Crippen LogP contribution is -2.31. The molecule has 0 spiro atoms. The van der Waals surface area contributed by atoms with Crippen LogP contribution in [-0.4, -0.2) is 26.1 Å². The zero-order chi connectivity index (χ0) is 26.5. The highest BCUT2D eigenvalue weighted by Gasteiger charge is 2.25. The van der Waals surface area contributed by atoms with Crippen LogP contribution in [-0.2, 0) is 19.6 Å². The summed E-state index contributed by atoms with van der Waals surface area (Å²) in [6, 6.07) is 22.4. The van der Waals surface area contributed by atoms with Gasteiger partial charge in [0, 0.05) is 11.3 Å².